The molecule has 1 aliphatic heterocycles. The zero-order valence-electron chi connectivity index (χ0n) is 10.4. The number of hydrogen-bond donors (Lipinski definition) is 1. The van der Waals surface area contributed by atoms with E-state index in [0.717, 1.165) is 30.5 Å². The fourth-order valence-corrected chi connectivity index (χ4v) is 2.10. The molecular formula is C13H18BrClN2O. The monoisotopic (exact) mass is 332 g/mol. The number of hydrogen-bond acceptors (Lipinski definition) is 2. The van der Waals surface area contributed by atoms with Gasteiger partial charge in [-0.3, -0.25) is 4.79 Å². The van der Waals surface area contributed by atoms with Gasteiger partial charge in [-0.05, 0) is 24.1 Å². The predicted molar refractivity (Wildman–Crippen MR) is 79.1 cm³/mol. The van der Waals surface area contributed by atoms with Crippen LogP contribution in [-0.2, 0) is 11.2 Å². The minimum atomic E-state index is 0. The SMILES string of the molecule is CN(CCc1ccc(Br)cc1)C(=O)C1CNC1.Cl. The van der Waals surface area contributed by atoms with E-state index in [1.807, 2.05) is 24.1 Å². The second-order valence-corrected chi connectivity index (χ2v) is 5.41. The fraction of sp³-hybridized carbons (Fsp3) is 0.462. The van der Waals surface area contributed by atoms with E-state index in [1.165, 1.54) is 5.56 Å². The Labute approximate surface area is 122 Å². The van der Waals surface area contributed by atoms with E-state index in [0.29, 0.717) is 0 Å². The van der Waals surface area contributed by atoms with E-state index in [-0.39, 0.29) is 24.2 Å². The smallest absolute Gasteiger partial charge is 0.228 e. The lowest BCUT2D eigenvalue weighted by Crippen LogP contribution is -2.51. The standard InChI is InChI=1S/C13H17BrN2O.ClH/c1-16(13(17)11-8-15-9-11)7-6-10-2-4-12(14)5-3-10;/h2-5,11,15H,6-9H2,1H3;1H. The summed E-state index contributed by atoms with van der Waals surface area (Å²) in [4.78, 5) is 13.7. The zero-order valence-corrected chi connectivity index (χ0v) is 12.8. The molecule has 0 atom stereocenters. The highest BCUT2D eigenvalue weighted by atomic mass is 79.9. The molecule has 100 valence electrons. The Morgan fingerprint density at radius 1 is 1.39 bits per heavy atom. The third-order valence-corrected chi connectivity index (χ3v) is 3.68. The second-order valence-electron chi connectivity index (χ2n) is 4.49. The fourth-order valence-electron chi connectivity index (χ4n) is 1.83. The first-order chi connectivity index (χ1) is 8.16. The van der Waals surface area contributed by atoms with Gasteiger partial charge in [0.05, 0.1) is 5.92 Å². The summed E-state index contributed by atoms with van der Waals surface area (Å²) in [6.45, 7) is 2.46. The summed E-state index contributed by atoms with van der Waals surface area (Å²) in [6.07, 6.45) is 0.912. The number of rotatable bonds is 4. The van der Waals surface area contributed by atoms with Crippen molar-refractivity contribution in [1.29, 1.82) is 0 Å². The normalized spacial score (nSPS) is 14.6. The van der Waals surface area contributed by atoms with Gasteiger partial charge in [-0.2, -0.15) is 0 Å². The summed E-state index contributed by atoms with van der Waals surface area (Å²) in [7, 11) is 1.89. The van der Waals surface area contributed by atoms with Gasteiger partial charge in [-0.1, -0.05) is 28.1 Å². The van der Waals surface area contributed by atoms with Crippen molar-refractivity contribution in [3.05, 3.63) is 34.3 Å². The van der Waals surface area contributed by atoms with E-state index in [4.69, 9.17) is 0 Å². The van der Waals surface area contributed by atoms with Crippen LogP contribution < -0.4 is 5.32 Å². The highest BCUT2D eigenvalue weighted by Crippen LogP contribution is 2.12. The molecule has 1 aliphatic rings. The molecule has 1 heterocycles. The maximum absolute atomic E-state index is 11.9. The molecule has 1 amide bonds. The van der Waals surface area contributed by atoms with Crippen molar-refractivity contribution in [2.75, 3.05) is 26.7 Å². The Morgan fingerprint density at radius 2 is 2.00 bits per heavy atom. The maximum atomic E-state index is 11.9. The van der Waals surface area contributed by atoms with Gasteiger partial charge >= 0.3 is 0 Å². The molecule has 0 unspecified atom stereocenters. The predicted octanol–water partition coefficient (Wildman–Crippen LogP) is 2.09. The highest BCUT2D eigenvalue weighted by molar-refractivity contribution is 9.10. The molecule has 1 aromatic rings. The van der Waals surface area contributed by atoms with Crippen LogP contribution in [0.3, 0.4) is 0 Å². The van der Waals surface area contributed by atoms with Crippen LogP contribution in [0.15, 0.2) is 28.7 Å². The Morgan fingerprint density at radius 3 is 2.50 bits per heavy atom. The molecular weight excluding hydrogens is 316 g/mol. The van der Waals surface area contributed by atoms with Crippen molar-refractivity contribution >= 4 is 34.2 Å². The lowest BCUT2D eigenvalue weighted by atomic mass is 10.0. The molecule has 0 aromatic heterocycles. The first kappa shape index (κ1) is 15.5. The third-order valence-electron chi connectivity index (χ3n) is 3.16. The van der Waals surface area contributed by atoms with E-state index >= 15 is 0 Å². The van der Waals surface area contributed by atoms with Crippen molar-refractivity contribution in [3.8, 4) is 0 Å². The lowest BCUT2D eigenvalue weighted by molar-refractivity contribution is -0.135. The van der Waals surface area contributed by atoms with Gasteiger partial charge in [-0.25, -0.2) is 0 Å². The third kappa shape index (κ3) is 3.97. The average Bonchev–Trinajstić information content (AvgIpc) is 2.25. The van der Waals surface area contributed by atoms with Gasteiger partial charge in [0.2, 0.25) is 5.91 Å². The molecule has 5 heteroatoms. The summed E-state index contributed by atoms with van der Waals surface area (Å²) in [5.74, 6) is 0.464. The molecule has 0 spiro atoms. The Bertz CT molecular complexity index is 392. The summed E-state index contributed by atoms with van der Waals surface area (Å²) in [5.41, 5.74) is 1.26. The number of halogens is 2. The van der Waals surface area contributed by atoms with Crippen molar-refractivity contribution in [2.45, 2.75) is 6.42 Å². The summed E-state index contributed by atoms with van der Waals surface area (Å²) in [6, 6.07) is 8.25. The van der Waals surface area contributed by atoms with Crippen LogP contribution in [-0.4, -0.2) is 37.5 Å². The molecule has 0 saturated carbocycles. The zero-order chi connectivity index (χ0) is 12.3. The van der Waals surface area contributed by atoms with Gasteiger partial charge in [0.15, 0.2) is 0 Å². The van der Waals surface area contributed by atoms with Crippen LogP contribution in [0, 0.1) is 5.92 Å². The van der Waals surface area contributed by atoms with Gasteiger partial charge in [0.25, 0.3) is 0 Å². The largest absolute Gasteiger partial charge is 0.345 e. The maximum Gasteiger partial charge on any atom is 0.228 e. The first-order valence-electron chi connectivity index (χ1n) is 5.87. The summed E-state index contributed by atoms with van der Waals surface area (Å²) >= 11 is 3.41. The molecule has 18 heavy (non-hydrogen) atoms. The number of likely N-dealkylation sites (N-methyl/N-ethyl adjacent to an activating group) is 1. The van der Waals surface area contributed by atoms with Crippen LogP contribution >= 0.6 is 28.3 Å². The van der Waals surface area contributed by atoms with E-state index < -0.39 is 0 Å². The van der Waals surface area contributed by atoms with Gasteiger partial charge in [-0.15, -0.1) is 12.4 Å². The molecule has 0 radical (unpaired) electrons. The number of nitrogens with zero attached hydrogens (tertiary/aromatic N) is 1. The molecule has 0 aliphatic carbocycles. The van der Waals surface area contributed by atoms with Crippen LogP contribution in [0.5, 0.6) is 0 Å². The van der Waals surface area contributed by atoms with Crippen molar-refractivity contribution < 1.29 is 4.79 Å². The summed E-state index contributed by atoms with van der Waals surface area (Å²) in [5, 5.41) is 3.12. The molecule has 1 aromatic carbocycles. The van der Waals surface area contributed by atoms with E-state index in [9.17, 15) is 4.79 Å². The molecule has 1 fully saturated rings. The number of benzene rings is 1. The number of carbonyl (C=O) groups excluding carboxylic acids is 1. The Hall–Kier alpha value is -0.580. The second kappa shape index (κ2) is 7.12. The van der Waals surface area contributed by atoms with Gasteiger partial charge in [0, 0.05) is 31.2 Å². The van der Waals surface area contributed by atoms with Gasteiger partial charge in [0.1, 0.15) is 0 Å². The molecule has 2 rings (SSSR count). The van der Waals surface area contributed by atoms with Crippen LogP contribution in [0.1, 0.15) is 5.56 Å². The number of amides is 1. The molecule has 1 N–H and O–H groups in total. The van der Waals surface area contributed by atoms with Crippen LogP contribution in [0.2, 0.25) is 0 Å². The number of carbonyl (C=O) groups is 1. The summed E-state index contributed by atoms with van der Waals surface area (Å²) < 4.78 is 1.09. The van der Waals surface area contributed by atoms with Gasteiger partial charge < -0.3 is 10.2 Å². The van der Waals surface area contributed by atoms with E-state index in [1.54, 1.807) is 0 Å². The van der Waals surface area contributed by atoms with Crippen molar-refractivity contribution in [1.82, 2.24) is 10.2 Å². The van der Waals surface area contributed by atoms with Crippen LogP contribution in [0.25, 0.3) is 0 Å². The molecule has 1 saturated heterocycles. The topological polar surface area (TPSA) is 32.3 Å². The quantitative estimate of drug-likeness (QED) is 0.915. The minimum absolute atomic E-state index is 0. The first-order valence-corrected chi connectivity index (χ1v) is 6.66. The molecule has 0 bridgehead atoms. The highest BCUT2D eigenvalue weighted by Gasteiger charge is 2.27. The minimum Gasteiger partial charge on any atom is -0.345 e. The number of nitrogens with one attached hydrogen (secondary N) is 1. The Balaban J connectivity index is 0.00000162. The van der Waals surface area contributed by atoms with Crippen LogP contribution in [0.4, 0.5) is 0 Å². The lowest BCUT2D eigenvalue weighted by Gasteiger charge is -2.30. The van der Waals surface area contributed by atoms with E-state index in [2.05, 4.69) is 33.4 Å². The van der Waals surface area contributed by atoms with Crippen molar-refractivity contribution in [3.63, 3.8) is 0 Å². The Kier molecular flexibility index (Phi) is 6.12. The van der Waals surface area contributed by atoms with Crippen molar-refractivity contribution in [2.24, 2.45) is 5.92 Å². The average molecular weight is 334 g/mol. The molecule has 3 nitrogen and oxygen atoms in total.